The van der Waals surface area contributed by atoms with Gasteiger partial charge < -0.3 is 10.1 Å². The summed E-state index contributed by atoms with van der Waals surface area (Å²) in [5.74, 6) is -0.471. The Morgan fingerprint density at radius 2 is 2.04 bits per heavy atom. The van der Waals surface area contributed by atoms with E-state index < -0.39 is 5.82 Å². The summed E-state index contributed by atoms with van der Waals surface area (Å²) >= 11 is 0. The lowest BCUT2D eigenvalue weighted by atomic mass is 10.0. The zero-order valence-corrected chi connectivity index (χ0v) is 14.3. The maximum absolute atomic E-state index is 14.6. The molecule has 0 saturated carbocycles. The van der Waals surface area contributed by atoms with Crippen LogP contribution in [0.5, 0.6) is 0 Å². The molecule has 0 atom stereocenters. The van der Waals surface area contributed by atoms with Crippen LogP contribution in [0.2, 0.25) is 0 Å². The first-order valence-electron chi connectivity index (χ1n) is 8.23. The highest BCUT2D eigenvalue weighted by Crippen LogP contribution is 2.34. The molecule has 0 aliphatic rings. The highest BCUT2D eigenvalue weighted by atomic mass is 19.1. The van der Waals surface area contributed by atoms with Gasteiger partial charge >= 0.3 is 0 Å². The molecule has 2 N–H and O–H groups in total. The Kier molecular flexibility index (Phi) is 3.31. The van der Waals surface area contributed by atoms with Crippen LogP contribution in [0, 0.1) is 5.82 Å². The average molecular weight is 363 g/mol. The highest BCUT2D eigenvalue weighted by Gasteiger charge is 2.17. The molecule has 0 aliphatic carbocycles. The molecule has 0 unspecified atom stereocenters. The normalized spacial score (nSPS) is 11.7. The van der Waals surface area contributed by atoms with Crippen molar-refractivity contribution < 1.29 is 9.50 Å². The Hall–Kier alpha value is -3.59. The molecular weight excluding hydrogens is 349 g/mol. The van der Waals surface area contributed by atoms with Crippen LogP contribution >= 0.6 is 0 Å². The second-order valence-electron chi connectivity index (χ2n) is 6.23. The summed E-state index contributed by atoms with van der Waals surface area (Å²) in [4.78, 5) is 15.8. The number of imidazole rings is 1. The van der Waals surface area contributed by atoms with E-state index in [4.69, 9.17) is 0 Å². The van der Waals surface area contributed by atoms with Gasteiger partial charge in [-0.2, -0.15) is 5.10 Å². The maximum atomic E-state index is 14.6. The largest absolute Gasteiger partial charge is 0.390 e. The third-order valence-corrected chi connectivity index (χ3v) is 4.56. The van der Waals surface area contributed by atoms with E-state index in [1.165, 1.54) is 18.6 Å². The smallest absolute Gasteiger partial charge is 0.173 e. The van der Waals surface area contributed by atoms with E-state index in [2.05, 4.69) is 25.0 Å². The topological polar surface area (TPSA) is 96.9 Å². The molecular formula is C18H14FN7O. The van der Waals surface area contributed by atoms with Gasteiger partial charge in [0.1, 0.15) is 12.0 Å². The van der Waals surface area contributed by atoms with Gasteiger partial charge in [0.15, 0.2) is 11.5 Å². The molecule has 5 aromatic rings. The molecule has 5 rings (SSSR count). The van der Waals surface area contributed by atoms with Gasteiger partial charge in [0, 0.05) is 42.3 Å². The van der Waals surface area contributed by atoms with Crippen LogP contribution in [0.4, 0.5) is 4.39 Å². The predicted octanol–water partition coefficient (Wildman–Crippen LogP) is 2.30. The summed E-state index contributed by atoms with van der Waals surface area (Å²) in [5, 5.41) is 14.5. The van der Waals surface area contributed by atoms with E-state index in [0.717, 1.165) is 16.5 Å². The quantitative estimate of drug-likeness (QED) is 0.513. The number of aromatic amines is 1. The summed E-state index contributed by atoms with van der Waals surface area (Å²) in [6.07, 6.45) is 10.1. The standard InChI is InChI=1S/C18H14FN7O/c1-25-6-11(3-24-25)16-15-13(5-20-17(15)23-9-22-16)10-2-14(19)18-21-4-12(8-27)26(18)7-10/h2-7,9,27H,8H2,1H3,(H,20,22,23). The number of aliphatic hydroxyl groups is 1. The summed E-state index contributed by atoms with van der Waals surface area (Å²) in [6, 6.07) is 1.42. The zero-order chi connectivity index (χ0) is 18.5. The fraction of sp³-hybridized carbons (Fsp3) is 0.111. The van der Waals surface area contributed by atoms with Crippen LogP contribution in [0.1, 0.15) is 5.69 Å². The number of hydrogen-bond donors (Lipinski definition) is 2. The third-order valence-electron chi connectivity index (χ3n) is 4.56. The first-order chi connectivity index (χ1) is 13.2. The van der Waals surface area contributed by atoms with Gasteiger partial charge in [0.25, 0.3) is 0 Å². The summed E-state index contributed by atoms with van der Waals surface area (Å²) in [6.45, 7) is -0.234. The van der Waals surface area contributed by atoms with Gasteiger partial charge in [0.05, 0.1) is 35.8 Å². The Morgan fingerprint density at radius 3 is 2.81 bits per heavy atom. The predicted molar refractivity (Wildman–Crippen MR) is 96.2 cm³/mol. The molecule has 0 saturated heterocycles. The number of aromatic nitrogens is 7. The first-order valence-corrected chi connectivity index (χ1v) is 8.23. The molecule has 0 fully saturated rings. The first kappa shape index (κ1) is 15.6. The second-order valence-corrected chi connectivity index (χ2v) is 6.23. The van der Waals surface area contributed by atoms with Gasteiger partial charge in [-0.3, -0.25) is 9.08 Å². The number of pyridine rings is 1. The Labute approximate surface area is 152 Å². The van der Waals surface area contributed by atoms with E-state index in [9.17, 15) is 9.50 Å². The number of rotatable bonds is 3. The number of fused-ring (bicyclic) bond motifs is 2. The van der Waals surface area contributed by atoms with Crippen LogP contribution in [0.3, 0.4) is 0 Å². The molecule has 134 valence electrons. The van der Waals surface area contributed by atoms with Gasteiger partial charge in [0.2, 0.25) is 0 Å². The van der Waals surface area contributed by atoms with E-state index in [1.807, 2.05) is 13.2 Å². The lowest BCUT2D eigenvalue weighted by molar-refractivity contribution is 0.276. The molecule has 0 amide bonds. The molecule has 5 aromatic heterocycles. The third kappa shape index (κ3) is 2.32. The molecule has 0 aliphatic heterocycles. The number of H-pyrrole nitrogens is 1. The van der Waals surface area contributed by atoms with Gasteiger partial charge in [-0.05, 0) is 6.07 Å². The van der Waals surface area contributed by atoms with Crippen molar-refractivity contribution in [2.24, 2.45) is 7.05 Å². The molecule has 27 heavy (non-hydrogen) atoms. The minimum absolute atomic E-state index is 0.173. The second kappa shape index (κ2) is 5.71. The van der Waals surface area contributed by atoms with E-state index in [1.54, 1.807) is 27.7 Å². The van der Waals surface area contributed by atoms with Crippen molar-refractivity contribution in [1.29, 1.82) is 0 Å². The van der Waals surface area contributed by atoms with Crippen LogP contribution in [0.15, 0.2) is 43.4 Å². The Morgan fingerprint density at radius 1 is 1.15 bits per heavy atom. The van der Waals surface area contributed by atoms with Crippen LogP contribution in [-0.4, -0.2) is 39.2 Å². The Balaban J connectivity index is 1.80. The lowest BCUT2D eigenvalue weighted by Crippen LogP contribution is -1.96. The van der Waals surface area contributed by atoms with Crippen molar-refractivity contribution in [3.05, 3.63) is 54.9 Å². The molecule has 8 nitrogen and oxygen atoms in total. The van der Waals surface area contributed by atoms with Crippen molar-refractivity contribution in [2.45, 2.75) is 6.61 Å². The van der Waals surface area contributed by atoms with Crippen LogP contribution < -0.4 is 0 Å². The van der Waals surface area contributed by atoms with Crippen molar-refractivity contribution >= 4 is 16.7 Å². The van der Waals surface area contributed by atoms with Crippen LogP contribution in [0.25, 0.3) is 39.1 Å². The fourth-order valence-corrected chi connectivity index (χ4v) is 3.31. The van der Waals surface area contributed by atoms with Gasteiger partial charge in [-0.25, -0.2) is 19.3 Å². The summed E-state index contributed by atoms with van der Waals surface area (Å²) in [7, 11) is 1.83. The summed E-state index contributed by atoms with van der Waals surface area (Å²) < 4.78 is 17.8. The zero-order valence-electron chi connectivity index (χ0n) is 14.3. The Bertz CT molecular complexity index is 1300. The molecule has 0 spiro atoms. The van der Waals surface area contributed by atoms with Crippen LogP contribution in [-0.2, 0) is 13.7 Å². The number of hydrogen-bond acceptors (Lipinski definition) is 5. The number of aliphatic hydroxyl groups excluding tert-OH is 1. The minimum Gasteiger partial charge on any atom is -0.390 e. The summed E-state index contributed by atoms with van der Waals surface area (Å²) in [5.41, 5.74) is 4.25. The number of halogens is 1. The van der Waals surface area contributed by atoms with E-state index in [-0.39, 0.29) is 12.3 Å². The fourth-order valence-electron chi connectivity index (χ4n) is 3.31. The number of nitrogens with one attached hydrogen (secondary N) is 1. The van der Waals surface area contributed by atoms with Gasteiger partial charge in [-0.15, -0.1) is 0 Å². The highest BCUT2D eigenvalue weighted by molar-refractivity contribution is 6.02. The SMILES string of the molecule is Cn1cc(-c2ncnc3[nH]cc(-c4cc(F)c5ncc(CO)n5c4)c23)cn1. The molecule has 0 aromatic carbocycles. The lowest BCUT2D eigenvalue weighted by Gasteiger charge is -2.06. The van der Waals surface area contributed by atoms with Crippen molar-refractivity contribution in [3.8, 4) is 22.4 Å². The molecule has 5 heterocycles. The van der Waals surface area contributed by atoms with Crippen molar-refractivity contribution in [3.63, 3.8) is 0 Å². The minimum atomic E-state index is -0.471. The molecule has 9 heteroatoms. The number of aryl methyl sites for hydroxylation is 1. The van der Waals surface area contributed by atoms with Gasteiger partial charge in [-0.1, -0.05) is 0 Å². The monoisotopic (exact) mass is 363 g/mol. The average Bonchev–Trinajstić information content (AvgIpc) is 3.38. The van der Waals surface area contributed by atoms with E-state index >= 15 is 0 Å². The van der Waals surface area contributed by atoms with E-state index in [0.29, 0.717) is 22.6 Å². The molecule has 0 bridgehead atoms. The maximum Gasteiger partial charge on any atom is 0.173 e. The van der Waals surface area contributed by atoms with Crippen molar-refractivity contribution in [1.82, 2.24) is 34.1 Å². The number of nitrogens with zero attached hydrogens (tertiary/aromatic N) is 6. The molecule has 0 radical (unpaired) electrons. The van der Waals surface area contributed by atoms with Crippen molar-refractivity contribution in [2.75, 3.05) is 0 Å².